The van der Waals surface area contributed by atoms with Gasteiger partial charge in [0.1, 0.15) is 0 Å². The summed E-state index contributed by atoms with van der Waals surface area (Å²) < 4.78 is 6.80. The lowest BCUT2D eigenvalue weighted by Gasteiger charge is -2.34. The van der Waals surface area contributed by atoms with Crippen molar-refractivity contribution in [1.29, 1.82) is 0 Å². The zero-order valence-corrected chi connectivity index (χ0v) is 22.0. The molecule has 0 saturated carbocycles. The van der Waals surface area contributed by atoms with E-state index in [0.29, 0.717) is 5.13 Å². The number of anilines is 2. The first-order valence-electron chi connectivity index (χ1n) is 12.4. The van der Waals surface area contributed by atoms with Crippen LogP contribution in [-0.2, 0) is 17.6 Å². The summed E-state index contributed by atoms with van der Waals surface area (Å²) in [6, 6.07) is 12.7. The Hall–Kier alpha value is -3.76. The van der Waals surface area contributed by atoms with E-state index in [0.717, 1.165) is 77.9 Å². The van der Waals surface area contributed by atoms with E-state index in [9.17, 15) is 4.79 Å². The number of nitrogens with one attached hydrogen (secondary N) is 1. The molecule has 1 aliphatic carbocycles. The molecule has 2 aliphatic rings. The molecule has 1 saturated heterocycles. The number of amides is 1. The first-order valence-corrected chi connectivity index (χ1v) is 13.3. The summed E-state index contributed by atoms with van der Waals surface area (Å²) in [6.45, 7) is 6.17. The molecule has 0 bridgehead atoms. The van der Waals surface area contributed by atoms with Crippen LogP contribution in [-0.4, -0.2) is 71.1 Å². The number of hydrogen-bond donors (Lipinski definition) is 1. The molecule has 1 amide bonds. The first-order chi connectivity index (χ1) is 18.0. The summed E-state index contributed by atoms with van der Waals surface area (Å²) >= 11 is 1.46. The van der Waals surface area contributed by atoms with Gasteiger partial charge in [-0.25, -0.2) is 14.5 Å². The molecule has 10 heteroatoms. The van der Waals surface area contributed by atoms with Gasteiger partial charge in [0.15, 0.2) is 5.13 Å². The third-order valence-corrected chi connectivity index (χ3v) is 8.07. The topological polar surface area (TPSA) is 88.4 Å². The zero-order chi connectivity index (χ0) is 25.5. The van der Waals surface area contributed by atoms with E-state index >= 15 is 0 Å². The second-order valence-electron chi connectivity index (χ2n) is 9.49. The van der Waals surface area contributed by atoms with Crippen LogP contribution in [0.3, 0.4) is 0 Å². The molecule has 9 nitrogen and oxygen atoms in total. The molecule has 1 aliphatic heterocycles. The smallest absolute Gasteiger partial charge is 0.413 e. The molecular formula is C27H29N7O2S. The molecule has 4 aromatic rings. The van der Waals surface area contributed by atoms with Gasteiger partial charge in [-0.1, -0.05) is 11.3 Å². The Morgan fingerprint density at radius 1 is 1.03 bits per heavy atom. The molecule has 0 atom stereocenters. The minimum atomic E-state index is -0.522. The number of thiazole rings is 1. The quantitative estimate of drug-likeness (QED) is 0.431. The van der Waals surface area contributed by atoms with Crippen LogP contribution >= 0.6 is 11.3 Å². The Morgan fingerprint density at radius 3 is 2.49 bits per heavy atom. The van der Waals surface area contributed by atoms with Crippen molar-refractivity contribution in [3.05, 3.63) is 59.5 Å². The Morgan fingerprint density at radius 2 is 1.78 bits per heavy atom. The van der Waals surface area contributed by atoms with Crippen molar-refractivity contribution in [1.82, 2.24) is 24.6 Å². The normalized spacial score (nSPS) is 15.3. The number of aromatic nitrogens is 4. The number of pyridine rings is 1. The minimum absolute atomic E-state index is 0.522. The van der Waals surface area contributed by atoms with Gasteiger partial charge in [0.25, 0.3) is 0 Å². The van der Waals surface area contributed by atoms with Gasteiger partial charge in [0.2, 0.25) is 0 Å². The van der Waals surface area contributed by atoms with E-state index < -0.39 is 6.09 Å². The van der Waals surface area contributed by atoms with Crippen molar-refractivity contribution in [3.63, 3.8) is 0 Å². The second kappa shape index (κ2) is 9.60. The molecule has 1 N–H and O–H groups in total. The minimum Gasteiger partial charge on any atom is -0.453 e. The lowest BCUT2D eigenvalue weighted by atomic mass is 9.95. The van der Waals surface area contributed by atoms with Crippen LogP contribution in [0.5, 0.6) is 0 Å². The fourth-order valence-electron chi connectivity index (χ4n) is 4.96. The molecule has 1 fully saturated rings. The van der Waals surface area contributed by atoms with Gasteiger partial charge in [0, 0.05) is 54.9 Å². The summed E-state index contributed by atoms with van der Waals surface area (Å²) in [7, 11) is 3.52. The molecule has 6 rings (SSSR count). The molecule has 190 valence electrons. The molecular weight excluding hydrogens is 486 g/mol. The highest BCUT2D eigenvalue weighted by Gasteiger charge is 2.30. The average Bonchev–Trinajstić information content (AvgIpc) is 3.51. The molecule has 37 heavy (non-hydrogen) atoms. The number of rotatable bonds is 4. The number of nitrogens with zero attached hydrogens (tertiary/aromatic N) is 6. The summed E-state index contributed by atoms with van der Waals surface area (Å²) in [5, 5.41) is 8.38. The fourth-order valence-corrected chi connectivity index (χ4v) is 6.01. The fraction of sp³-hybridized carbons (Fsp3) is 0.333. The number of aryl methyl sites for hydroxylation is 2. The zero-order valence-electron chi connectivity index (χ0n) is 21.2. The molecule has 3 aromatic heterocycles. The number of carbonyl (C=O) groups excluding carboxylic acids is 1. The lowest BCUT2D eigenvalue weighted by molar-refractivity contribution is 0.187. The maximum atomic E-state index is 11.8. The van der Waals surface area contributed by atoms with Crippen LogP contribution in [0.2, 0.25) is 0 Å². The van der Waals surface area contributed by atoms with Crippen LogP contribution < -0.4 is 10.2 Å². The standard InChI is InChI=1S/C27H29N7O2S/c1-17-4-5-18(16-28-17)23-21-10-11-22-25(37-26(29-22)30-27(35)36-3)24(21)34(31-23)20-8-6-19(7-9-20)33-14-12-32(2)13-15-33/h4-9,16H,10-15H2,1-3H3,(H,29,30,35). The predicted octanol–water partition coefficient (Wildman–Crippen LogP) is 4.39. The summed E-state index contributed by atoms with van der Waals surface area (Å²) in [4.78, 5) is 26.8. The Bertz CT molecular complexity index is 1430. The largest absolute Gasteiger partial charge is 0.453 e. The highest BCUT2D eigenvalue weighted by atomic mass is 32.1. The number of ether oxygens (including phenoxy) is 1. The van der Waals surface area contributed by atoms with E-state index in [1.165, 1.54) is 29.7 Å². The summed E-state index contributed by atoms with van der Waals surface area (Å²) in [5.41, 5.74) is 8.29. The predicted molar refractivity (Wildman–Crippen MR) is 146 cm³/mol. The number of fused-ring (bicyclic) bond motifs is 3. The van der Waals surface area contributed by atoms with E-state index in [1.54, 1.807) is 0 Å². The van der Waals surface area contributed by atoms with Crippen LogP contribution in [0.25, 0.3) is 27.5 Å². The second-order valence-corrected chi connectivity index (χ2v) is 10.5. The SMILES string of the molecule is COC(=O)Nc1nc2c(s1)-c1c(c(-c3ccc(C)nc3)nn1-c1ccc(N3CCN(C)CC3)cc1)CC2. The van der Waals surface area contributed by atoms with Gasteiger partial charge in [-0.15, -0.1) is 0 Å². The third kappa shape index (κ3) is 4.47. The van der Waals surface area contributed by atoms with Gasteiger partial charge in [0.05, 0.1) is 34.8 Å². The van der Waals surface area contributed by atoms with Crippen LogP contribution in [0.15, 0.2) is 42.6 Å². The lowest BCUT2D eigenvalue weighted by Crippen LogP contribution is -2.44. The monoisotopic (exact) mass is 515 g/mol. The number of benzene rings is 1. The number of piperazine rings is 1. The van der Waals surface area contributed by atoms with Crippen molar-refractivity contribution in [2.45, 2.75) is 19.8 Å². The number of methoxy groups -OCH3 is 1. The maximum Gasteiger partial charge on any atom is 0.413 e. The summed E-state index contributed by atoms with van der Waals surface area (Å²) in [6.07, 6.45) is 2.96. The first kappa shape index (κ1) is 23.6. The number of carbonyl (C=O) groups is 1. The van der Waals surface area contributed by atoms with Gasteiger partial charge in [-0.2, -0.15) is 5.10 Å². The molecule has 0 spiro atoms. The van der Waals surface area contributed by atoms with Crippen LogP contribution in [0.1, 0.15) is 17.0 Å². The molecule has 0 radical (unpaired) electrons. The summed E-state index contributed by atoms with van der Waals surface area (Å²) in [5.74, 6) is 0. The van der Waals surface area contributed by atoms with E-state index in [1.807, 2.05) is 23.9 Å². The van der Waals surface area contributed by atoms with Crippen molar-refractivity contribution < 1.29 is 9.53 Å². The maximum absolute atomic E-state index is 11.8. The van der Waals surface area contributed by atoms with Gasteiger partial charge in [-0.3, -0.25) is 10.3 Å². The van der Waals surface area contributed by atoms with Crippen molar-refractivity contribution in [2.75, 3.05) is 50.6 Å². The van der Waals surface area contributed by atoms with Gasteiger partial charge in [-0.05, 0) is 63.2 Å². The van der Waals surface area contributed by atoms with Gasteiger partial charge < -0.3 is 14.5 Å². The highest BCUT2D eigenvalue weighted by Crippen LogP contribution is 2.44. The Labute approximate surface area is 219 Å². The van der Waals surface area contributed by atoms with Crippen LogP contribution in [0, 0.1) is 6.92 Å². The Balaban J connectivity index is 1.43. The third-order valence-electron chi connectivity index (χ3n) is 7.05. The average molecular weight is 516 g/mol. The van der Waals surface area contributed by atoms with Gasteiger partial charge >= 0.3 is 6.09 Å². The number of likely N-dealkylation sites (N-methyl/N-ethyl adjacent to an activating group) is 1. The van der Waals surface area contributed by atoms with Crippen molar-refractivity contribution in [2.24, 2.45) is 0 Å². The van der Waals surface area contributed by atoms with E-state index in [-0.39, 0.29) is 0 Å². The molecule has 4 heterocycles. The highest BCUT2D eigenvalue weighted by molar-refractivity contribution is 7.19. The molecule has 1 aromatic carbocycles. The van der Waals surface area contributed by atoms with E-state index in [2.05, 4.69) is 62.5 Å². The number of hydrogen-bond acceptors (Lipinski definition) is 8. The van der Waals surface area contributed by atoms with E-state index in [4.69, 9.17) is 9.84 Å². The molecule has 0 unspecified atom stereocenters. The van der Waals surface area contributed by atoms with Crippen molar-refractivity contribution in [3.8, 4) is 27.5 Å². The van der Waals surface area contributed by atoms with Crippen LogP contribution in [0.4, 0.5) is 15.6 Å². The Kier molecular flexibility index (Phi) is 6.13. The van der Waals surface area contributed by atoms with Crippen molar-refractivity contribution >= 4 is 28.2 Å².